The Bertz CT molecular complexity index is 1610. The first kappa shape index (κ1) is 28.5. The van der Waals surface area contributed by atoms with Crippen molar-refractivity contribution in [1.29, 1.82) is 0 Å². The minimum Gasteiger partial charge on any atom is -0.486 e. The van der Waals surface area contributed by atoms with Crippen molar-refractivity contribution >= 4 is 27.5 Å². The van der Waals surface area contributed by atoms with E-state index in [1.807, 2.05) is 6.07 Å². The molecule has 0 saturated heterocycles. The predicted octanol–water partition coefficient (Wildman–Crippen LogP) is 4.72. The summed E-state index contributed by atoms with van der Waals surface area (Å²) in [5.74, 6) is -0.107. The SMILES string of the molecule is CC(C)(OC(=O)Nc1ccc2c(c1)N(S(=O)(=O)c1cccc(C3CC3)c1)C[C@H](CCc1n[nH]c(=O)o1)O2)C(F)(F)F. The number of halogens is 3. The van der Waals surface area contributed by atoms with Crippen molar-refractivity contribution < 1.29 is 40.3 Å². The zero-order valence-electron chi connectivity index (χ0n) is 22.0. The summed E-state index contributed by atoms with van der Waals surface area (Å²) in [7, 11) is -4.14. The number of rotatable bonds is 8. The highest BCUT2D eigenvalue weighted by molar-refractivity contribution is 7.92. The van der Waals surface area contributed by atoms with E-state index in [-0.39, 0.29) is 47.3 Å². The highest BCUT2D eigenvalue weighted by Crippen LogP contribution is 2.43. The maximum atomic E-state index is 14.0. The molecule has 11 nitrogen and oxygen atoms in total. The molecule has 0 radical (unpaired) electrons. The molecule has 1 amide bonds. The molecule has 1 fully saturated rings. The second-order valence-electron chi connectivity index (χ2n) is 10.4. The Hall–Kier alpha value is -4.01. The molecule has 1 saturated carbocycles. The topological polar surface area (TPSA) is 144 Å². The predicted molar refractivity (Wildman–Crippen MR) is 139 cm³/mol. The minimum absolute atomic E-state index is 0.000923. The second-order valence-corrected chi connectivity index (χ2v) is 12.2. The first-order chi connectivity index (χ1) is 19.2. The molecular weight excluding hydrogens is 569 g/mol. The number of H-pyrrole nitrogens is 1. The summed E-state index contributed by atoms with van der Waals surface area (Å²) in [5, 5.41) is 8.15. The lowest BCUT2D eigenvalue weighted by Crippen LogP contribution is -2.44. The van der Waals surface area contributed by atoms with E-state index in [1.54, 1.807) is 12.1 Å². The van der Waals surface area contributed by atoms with E-state index in [9.17, 15) is 31.2 Å². The van der Waals surface area contributed by atoms with Crippen molar-refractivity contribution in [2.75, 3.05) is 16.2 Å². The average molecular weight is 597 g/mol. The van der Waals surface area contributed by atoms with Crippen LogP contribution in [-0.2, 0) is 21.2 Å². The van der Waals surface area contributed by atoms with Gasteiger partial charge in [0.1, 0.15) is 11.9 Å². The molecule has 1 aliphatic carbocycles. The van der Waals surface area contributed by atoms with Crippen LogP contribution in [0.3, 0.4) is 0 Å². The largest absolute Gasteiger partial charge is 0.486 e. The maximum absolute atomic E-state index is 14.0. The third-order valence-corrected chi connectivity index (χ3v) is 8.60. The molecule has 3 aromatic rings. The summed E-state index contributed by atoms with van der Waals surface area (Å²) in [6.07, 6.45) is -4.45. The number of sulfonamides is 1. The zero-order chi connectivity index (χ0) is 29.6. The van der Waals surface area contributed by atoms with E-state index in [1.165, 1.54) is 24.3 Å². The molecule has 2 heterocycles. The Kier molecular flexibility index (Phi) is 7.26. The summed E-state index contributed by atoms with van der Waals surface area (Å²) in [4.78, 5) is 23.6. The molecule has 41 heavy (non-hydrogen) atoms. The van der Waals surface area contributed by atoms with Crippen LogP contribution in [0.1, 0.15) is 50.5 Å². The highest BCUT2D eigenvalue weighted by Gasteiger charge is 2.51. The lowest BCUT2D eigenvalue weighted by Gasteiger charge is -2.36. The summed E-state index contributed by atoms with van der Waals surface area (Å²) in [6.45, 7) is 1.30. The van der Waals surface area contributed by atoms with Gasteiger partial charge in [-0.25, -0.2) is 23.1 Å². The number of benzene rings is 2. The molecule has 5 rings (SSSR count). The zero-order valence-corrected chi connectivity index (χ0v) is 22.8. The van der Waals surface area contributed by atoms with Gasteiger partial charge in [0.2, 0.25) is 11.5 Å². The average Bonchev–Trinajstić information content (AvgIpc) is 3.67. The number of aromatic amines is 1. The molecular formula is C26H27F3N4O7S. The fourth-order valence-electron chi connectivity index (χ4n) is 4.33. The second kappa shape index (κ2) is 10.4. The van der Waals surface area contributed by atoms with E-state index < -0.39 is 39.8 Å². The Morgan fingerprint density at radius 1 is 1.20 bits per heavy atom. The lowest BCUT2D eigenvalue weighted by molar-refractivity contribution is -0.242. The van der Waals surface area contributed by atoms with Crippen LogP contribution < -0.4 is 20.1 Å². The number of nitrogens with zero attached hydrogens (tertiary/aromatic N) is 2. The molecule has 1 atom stereocenters. The summed E-state index contributed by atoms with van der Waals surface area (Å²) >= 11 is 0. The van der Waals surface area contributed by atoms with Crippen molar-refractivity contribution in [1.82, 2.24) is 10.2 Å². The number of anilines is 2. The van der Waals surface area contributed by atoms with Crippen molar-refractivity contribution in [2.45, 2.75) is 68.2 Å². The number of hydrogen-bond acceptors (Lipinski definition) is 8. The van der Waals surface area contributed by atoms with Crippen LogP contribution in [0.5, 0.6) is 5.75 Å². The highest BCUT2D eigenvalue weighted by atomic mass is 32.2. The van der Waals surface area contributed by atoms with Crippen molar-refractivity contribution in [3.8, 4) is 5.75 Å². The molecule has 1 aliphatic heterocycles. The molecule has 0 bridgehead atoms. The maximum Gasteiger partial charge on any atom is 0.434 e. The smallest absolute Gasteiger partial charge is 0.434 e. The molecule has 0 spiro atoms. The molecule has 2 aliphatic rings. The fourth-order valence-corrected chi connectivity index (χ4v) is 5.88. The third-order valence-electron chi connectivity index (χ3n) is 6.83. The summed E-state index contributed by atoms with van der Waals surface area (Å²) in [5.41, 5.74) is -1.76. The van der Waals surface area contributed by atoms with E-state index in [2.05, 4.69) is 20.3 Å². The van der Waals surface area contributed by atoms with E-state index >= 15 is 0 Å². The third kappa shape index (κ3) is 6.19. The van der Waals surface area contributed by atoms with E-state index in [0.717, 1.165) is 22.7 Å². The van der Waals surface area contributed by atoms with Crippen molar-refractivity contribution in [3.63, 3.8) is 0 Å². The van der Waals surface area contributed by atoms with Gasteiger partial charge in [-0.2, -0.15) is 13.2 Å². The van der Waals surface area contributed by atoms with Crippen LogP contribution in [-0.4, -0.2) is 49.1 Å². The van der Waals surface area contributed by atoms with Gasteiger partial charge in [0, 0.05) is 12.1 Å². The number of nitrogens with one attached hydrogen (secondary N) is 2. The fraction of sp³-hybridized carbons (Fsp3) is 0.423. The number of aryl methyl sites for hydroxylation is 1. The van der Waals surface area contributed by atoms with Crippen LogP contribution in [0.15, 0.2) is 56.6 Å². The van der Waals surface area contributed by atoms with Gasteiger partial charge in [-0.3, -0.25) is 9.62 Å². The van der Waals surface area contributed by atoms with Crippen molar-refractivity contribution in [2.24, 2.45) is 0 Å². The summed E-state index contributed by atoms with van der Waals surface area (Å²) in [6, 6.07) is 10.7. The molecule has 2 aromatic carbocycles. The number of amides is 1. The quantitative estimate of drug-likeness (QED) is 0.380. The Morgan fingerprint density at radius 2 is 1.95 bits per heavy atom. The van der Waals surface area contributed by atoms with Crippen LogP contribution in [0.4, 0.5) is 29.3 Å². The molecule has 220 valence electrons. The Morgan fingerprint density at radius 3 is 2.61 bits per heavy atom. The number of hydrogen-bond donors (Lipinski definition) is 2. The molecule has 15 heteroatoms. The van der Waals surface area contributed by atoms with Gasteiger partial charge >= 0.3 is 18.0 Å². The van der Waals surface area contributed by atoms with Crippen molar-refractivity contribution in [3.05, 3.63) is 64.5 Å². The first-order valence-corrected chi connectivity index (χ1v) is 14.2. The Balaban J connectivity index is 1.44. The monoisotopic (exact) mass is 596 g/mol. The van der Waals surface area contributed by atoms with Gasteiger partial charge in [-0.15, -0.1) is 5.10 Å². The van der Waals surface area contributed by atoms with E-state index in [0.29, 0.717) is 19.8 Å². The lowest BCUT2D eigenvalue weighted by atomic mass is 10.1. The standard InChI is InChI=1S/C26H27F3N4O7S/c1-25(2,26(27,28)29)40-23(34)30-17-8-10-21-20(13-17)33(14-18(38-21)9-11-22-31-32-24(35)39-22)41(36,37)19-5-3-4-16(12-19)15-6-7-15/h3-5,8,10,12-13,15,18H,6-7,9,11,14H2,1-2H3,(H,30,34)(H,32,35)/t18-/m0/s1. The molecule has 2 N–H and O–H groups in total. The Labute approximate surface area is 232 Å². The van der Waals surface area contributed by atoms with Crippen LogP contribution in [0.25, 0.3) is 0 Å². The number of alkyl halides is 3. The number of ether oxygens (including phenoxy) is 2. The van der Waals surface area contributed by atoms with Crippen LogP contribution in [0.2, 0.25) is 0 Å². The number of carbonyl (C=O) groups is 1. The molecule has 1 aromatic heterocycles. The summed E-state index contributed by atoms with van der Waals surface area (Å²) < 4.78 is 84.1. The van der Waals surface area contributed by atoms with Crippen LogP contribution in [0, 0.1) is 0 Å². The van der Waals surface area contributed by atoms with Gasteiger partial charge in [0.15, 0.2) is 0 Å². The van der Waals surface area contributed by atoms with Gasteiger partial charge < -0.3 is 13.9 Å². The normalized spacial score (nSPS) is 17.5. The van der Waals surface area contributed by atoms with Gasteiger partial charge in [0.25, 0.3) is 10.0 Å². The van der Waals surface area contributed by atoms with Crippen LogP contribution >= 0.6 is 0 Å². The first-order valence-electron chi connectivity index (χ1n) is 12.8. The minimum atomic E-state index is -4.80. The number of carbonyl (C=O) groups excluding carboxylic acids is 1. The number of aromatic nitrogens is 2. The van der Waals surface area contributed by atoms with Gasteiger partial charge in [-0.1, -0.05) is 12.1 Å². The van der Waals surface area contributed by atoms with Gasteiger partial charge in [-0.05, 0) is 74.9 Å². The van der Waals surface area contributed by atoms with Gasteiger partial charge in [0.05, 0.1) is 17.1 Å². The van der Waals surface area contributed by atoms with E-state index in [4.69, 9.17) is 9.15 Å². The number of fused-ring (bicyclic) bond motifs is 1. The molecule has 0 unspecified atom stereocenters.